The van der Waals surface area contributed by atoms with E-state index >= 15 is 0 Å². The van der Waals surface area contributed by atoms with Crippen molar-refractivity contribution in [3.63, 3.8) is 0 Å². The molecule has 1 fully saturated rings. The molecule has 1 aliphatic heterocycles. The van der Waals surface area contributed by atoms with Crippen molar-refractivity contribution >= 4 is 11.7 Å². The number of nitrogen functional groups attached to an aromatic ring is 1. The zero-order valence-electron chi connectivity index (χ0n) is 9.24. The lowest BCUT2D eigenvalue weighted by Crippen LogP contribution is -2.47. The highest BCUT2D eigenvalue weighted by Crippen LogP contribution is 2.09. The van der Waals surface area contributed by atoms with E-state index in [0.717, 1.165) is 0 Å². The van der Waals surface area contributed by atoms with Crippen molar-refractivity contribution in [1.82, 2.24) is 15.1 Å². The van der Waals surface area contributed by atoms with Crippen molar-refractivity contribution in [3.8, 4) is 0 Å². The van der Waals surface area contributed by atoms with Crippen LogP contribution in [0.2, 0.25) is 0 Å². The first-order chi connectivity index (χ1) is 8.20. The number of amides is 1. The third-order valence-electron chi connectivity index (χ3n) is 2.53. The zero-order valence-corrected chi connectivity index (χ0v) is 9.24. The number of hydrogen-bond donors (Lipinski definition) is 2. The standard InChI is InChI=1S/C10H14N4O3/c11-9-2-1-8(12-13-9)10(16)14-3-4-17-7(5-14)6-15/h1-2,7,15H,3-6H2,(H2,11,13). The van der Waals surface area contributed by atoms with Crippen LogP contribution in [0.25, 0.3) is 0 Å². The first kappa shape index (κ1) is 11.7. The van der Waals surface area contributed by atoms with Crippen LogP contribution < -0.4 is 5.73 Å². The lowest BCUT2D eigenvalue weighted by Gasteiger charge is -2.31. The maximum Gasteiger partial charge on any atom is 0.274 e. The van der Waals surface area contributed by atoms with Gasteiger partial charge in [0.1, 0.15) is 5.82 Å². The van der Waals surface area contributed by atoms with Crippen LogP contribution in [0.1, 0.15) is 10.5 Å². The Morgan fingerprint density at radius 2 is 2.41 bits per heavy atom. The van der Waals surface area contributed by atoms with Crippen LogP contribution in [0, 0.1) is 0 Å². The van der Waals surface area contributed by atoms with Crippen molar-refractivity contribution in [2.45, 2.75) is 6.10 Å². The van der Waals surface area contributed by atoms with Gasteiger partial charge in [-0.1, -0.05) is 0 Å². The monoisotopic (exact) mass is 238 g/mol. The molecule has 0 bridgehead atoms. The van der Waals surface area contributed by atoms with Crippen LogP contribution in [0.3, 0.4) is 0 Å². The third kappa shape index (κ3) is 2.69. The molecule has 0 radical (unpaired) electrons. The first-order valence-corrected chi connectivity index (χ1v) is 5.31. The summed E-state index contributed by atoms with van der Waals surface area (Å²) < 4.78 is 5.26. The van der Waals surface area contributed by atoms with Crippen molar-refractivity contribution in [1.29, 1.82) is 0 Å². The Morgan fingerprint density at radius 3 is 3.06 bits per heavy atom. The summed E-state index contributed by atoms with van der Waals surface area (Å²) in [5.74, 6) is 0.0519. The molecule has 1 aromatic rings. The number of aromatic nitrogens is 2. The van der Waals surface area contributed by atoms with Gasteiger partial charge in [0.05, 0.1) is 19.3 Å². The van der Waals surface area contributed by atoms with Gasteiger partial charge in [0.2, 0.25) is 0 Å². The molecule has 7 nitrogen and oxygen atoms in total. The van der Waals surface area contributed by atoms with Gasteiger partial charge in [0.25, 0.3) is 5.91 Å². The van der Waals surface area contributed by atoms with Gasteiger partial charge in [-0.15, -0.1) is 10.2 Å². The van der Waals surface area contributed by atoms with Crippen molar-refractivity contribution in [3.05, 3.63) is 17.8 Å². The Bertz CT molecular complexity index is 395. The maximum absolute atomic E-state index is 12.0. The molecular weight excluding hydrogens is 224 g/mol. The Labute approximate surface area is 98.2 Å². The zero-order chi connectivity index (χ0) is 12.3. The number of carbonyl (C=O) groups is 1. The number of nitrogens with two attached hydrogens (primary N) is 1. The minimum absolute atomic E-state index is 0.100. The molecule has 1 unspecified atom stereocenters. The molecule has 1 aromatic heterocycles. The second-order valence-corrected chi connectivity index (χ2v) is 3.77. The Hall–Kier alpha value is -1.73. The van der Waals surface area contributed by atoms with E-state index in [0.29, 0.717) is 19.7 Å². The van der Waals surface area contributed by atoms with Gasteiger partial charge >= 0.3 is 0 Å². The highest BCUT2D eigenvalue weighted by molar-refractivity contribution is 5.92. The number of rotatable bonds is 2. The average Bonchev–Trinajstić information content (AvgIpc) is 2.39. The molecule has 3 N–H and O–H groups in total. The number of aliphatic hydroxyl groups is 1. The van der Waals surface area contributed by atoms with Crippen LogP contribution in [0.5, 0.6) is 0 Å². The van der Waals surface area contributed by atoms with Crippen LogP contribution >= 0.6 is 0 Å². The fraction of sp³-hybridized carbons (Fsp3) is 0.500. The van der Waals surface area contributed by atoms with E-state index in [-0.39, 0.29) is 30.1 Å². The lowest BCUT2D eigenvalue weighted by molar-refractivity contribution is -0.0448. The molecule has 0 aliphatic carbocycles. The second kappa shape index (κ2) is 5.07. The highest BCUT2D eigenvalue weighted by Gasteiger charge is 2.25. The Balaban J connectivity index is 2.06. The summed E-state index contributed by atoms with van der Waals surface area (Å²) in [6.45, 7) is 1.17. The molecule has 92 valence electrons. The smallest absolute Gasteiger partial charge is 0.274 e. The van der Waals surface area contributed by atoms with Crippen molar-refractivity contribution in [2.24, 2.45) is 0 Å². The first-order valence-electron chi connectivity index (χ1n) is 5.31. The number of ether oxygens (including phenoxy) is 1. The SMILES string of the molecule is Nc1ccc(C(=O)N2CCOC(CO)C2)nn1. The van der Waals surface area contributed by atoms with E-state index < -0.39 is 0 Å². The summed E-state index contributed by atoms with van der Waals surface area (Å²) in [7, 11) is 0. The quantitative estimate of drug-likeness (QED) is 0.677. The van der Waals surface area contributed by atoms with Crippen LogP contribution in [-0.2, 0) is 4.74 Å². The molecule has 2 rings (SSSR count). The number of nitrogens with zero attached hydrogens (tertiary/aromatic N) is 3. The maximum atomic E-state index is 12.0. The van der Waals surface area contributed by atoms with E-state index in [1.807, 2.05) is 0 Å². The van der Waals surface area contributed by atoms with E-state index in [2.05, 4.69) is 10.2 Å². The topological polar surface area (TPSA) is 102 Å². The normalized spacial score (nSPS) is 20.3. The summed E-state index contributed by atoms with van der Waals surface area (Å²) in [6.07, 6.45) is -0.325. The van der Waals surface area contributed by atoms with Crippen LogP contribution in [0.15, 0.2) is 12.1 Å². The average molecular weight is 238 g/mol. The fourth-order valence-corrected chi connectivity index (χ4v) is 1.63. The molecule has 1 amide bonds. The van der Waals surface area contributed by atoms with Crippen LogP contribution in [-0.4, -0.2) is 58.5 Å². The molecular formula is C10H14N4O3. The molecule has 7 heteroatoms. The molecule has 1 aliphatic rings. The predicted octanol–water partition coefficient (Wildman–Crippen LogP) is -1.11. The number of hydrogen-bond acceptors (Lipinski definition) is 6. The molecule has 0 spiro atoms. The minimum atomic E-state index is -0.325. The summed E-state index contributed by atoms with van der Waals surface area (Å²) in [6, 6.07) is 3.07. The highest BCUT2D eigenvalue weighted by atomic mass is 16.5. The van der Waals surface area contributed by atoms with Gasteiger partial charge in [0, 0.05) is 13.1 Å². The minimum Gasteiger partial charge on any atom is -0.394 e. The second-order valence-electron chi connectivity index (χ2n) is 3.77. The van der Waals surface area contributed by atoms with E-state index in [1.54, 1.807) is 4.90 Å². The fourth-order valence-electron chi connectivity index (χ4n) is 1.63. The van der Waals surface area contributed by atoms with Crippen molar-refractivity contribution in [2.75, 3.05) is 32.0 Å². The summed E-state index contributed by atoms with van der Waals surface area (Å²) in [5, 5.41) is 16.4. The van der Waals surface area contributed by atoms with Gasteiger partial charge in [0.15, 0.2) is 5.69 Å². The Kier molecular flexibility index (Phi) is 3.50. The predicted molar refractivity (Wildman–Crippen MR) is 59.2 cm³/mol. The van der Waals surface area contributed by atoms with E-state index in [1.165, 1.54) is 12.1 Å². The van der Waals surface area contributed by atoms with E-state index in [4.69, 9.17) is 15.6 Å². The van der Waals surface area contributed by atoms with Gasteiger partial charge in [-0.25, -0.2) is 0 Å². The molecule has 17 heavy (non-hydrogen) atoms. The van der Waals surface area contributed by atoms with Gasteiger partial charge in [-0.2, -0.15) is 0 Å². The Morgan fingerprint density at radius 1 is 1.59 bits per heavy atom. The molecule has 2 heterocycles. The van der Waals surface area contributed by atoms with Gasteiger partial charge in [-0.3, -0.25) is 4.79 Å². The molecule has 1 saturated heterocycles. The number of aliphatic hydroxyl groups excluding tert-OH is 1. The van der Waals surface area contributed by atoms with Crippen LogP contribution in [0.4, 0.5) is 5.82 Å². The van der Waals surface area contributed by atoms with E-state index in [9.17, 15) is 4.79 Å². The number of morpholine rings is 1. The third-order valence-corrected chi connectivity index (χ3v) is 2.53. The largest absolute Gasteiger partial charge is 0.394 e. The van der Waals surface area contributed by atoms with Gasteiger partial charge in [-0.05, 0) is 12.1 Å². The summed E-state index contributed by atoms with van der Waals surface area (Å²) in [5.41, 5.74) is 5.65. The summed E-state index contributed by atoms with van der Waals surface area (Å²) >= 11 is 0. The lowest BCUT2D eigenvalue weighted by atomic mass is 10.2. The number of carbonyl (C=O) groups excluding carboxylic acids is 1. The van der Waals surface area contributed by atoms with Gasteiger partial charge < -0.3 is 20.5 Å². The summed E-state index contributed by atoms with van der Waals surface area (Å²) in [4.78, 5) is 13.6. The molecule has 1 atom stereocenters. The van der Waals surface area contributed by atoms with Crippen molar-refractivity contribution < 1.29 is 14.6 Å². The molecule has 0 aromatic carbocycles. The number of anilines is 1. The molecule has 0 saturated carbocycles.